The summed E-state index contributed by atoms with van der Waals surface area (Å²) in [6.45, 7) is 2.30. The molecular weight excluding hydrogens is 246 g/mol. The highest BCUT2D eigenvalue weighted by Crippen LogP contribution is 2.17. The van der Waals surface area contributed by atoms with Gasteiger partial charge in [-0.25, -0.2) is 5.11 Å². The summed E-state index contributed by atoms with van der Waals surface area (Å²) in [5.74, 6) is 0.327. The molecular formula is C14H20NO4. The molecule has 0 aliphatic heterocycles. The van der Waals surface area contributed by atoms with Crippen molar-refractivity contribution in [3.05, 3.63) is 39.9 Å². The third-order valence-corrected chi connectivity index (χ3v) is 3.09. The monoisotopic (exact) mass is 266 g/mol. The Balaban J connectivity index is 2.37. The third kappa shape index (κ3) is 5.81. The van der Waals surface area contributed by atoms with E-state index < -0.39 is 11.0 Å². The second-order valence-electron chi connectivity index (χ2n) is 4.88. The van der Waals surface area contributed by atoms with E-state index in [4.69, 9.17) is 4.74 Å². The minimum atomic E-state index is -0.670. The number of nitro groups is 1. The van der Waals surface area contributed by atoms with E-state index in [2.05, 4.69) is 0 Å². The van der Waals surface area contributed by atoms with Gasteiger partial charge < -0.3 is 4.74 Å². The maximum absolute atomic E-state index is 11.5. The summed E-state index contributed by atoms with van der Waals surface area (Å²) in [6, 6.07) is 6.58. The molecule has 2 unspecified atom stereocenters. The fourth-order valence-electron chi connectivity index (χ4n) is 2.02. The van der Waals surface area contributed by atoms with E-state index in [-0.39, 0.29) is 12.3 Å². The quantitative estimate of drug-likeness (QED) is 0.536. The highest BCUT2D eigenvalue weighted by Gasteiger charge is 2.12. The van der Waals surface area contributed by atoms with Gasteiger partial charge in [0.25, 0.3) is 5.69 Å². The van der Waals surface area contributed by atoms with Crippen molar-refractivity contribution in [1.29, 1.82) is 0 Å². The molecule has 0 aliphatic rings. The first kappa shape index (κ1) is 15.6. The second kappa shape index (κ2) is 7.86. The van der Waals surface area contributed by atoms with E-state index in [1.165, 1.54) is 19.2 Å². The van der Waals surface area contributed by atoms with E-state index in [1.54, 1.807) is 12.1 Å². The van der Waals surface area contributed by atoms with Crippen LogP contribution in [0, 0.1) is 16.0 Å². The summed E-state index contributed by atoms with van der Waals surface area (Å²) in [7, 11) is 1.53. The van der Waals surface area contributed by atoms with Gasteiger partial charge >= 0.3 is 0 Å². The Morgan fingerprint density at radius 3 is 2.47 bits per heavy atom. The number of benzene rings is 1. The lowest BCUT2D eigenvalue weighted by molar-refractivity contribution is -0.384. The van der Waals surface area contributed by atoms with Crippen molar-refractivity contribution in [2.75, 3.05) is 13.7 Å². The number of hydrogen-bond donors (Lipinski definition) is 0. The van der Waals surface area contributed by atoms with Gasteiger partial charge in [0.2, 0.25) is 0 Å². The van der Waals surface area contributed by atoms with Gasteiger partial charge in [-0.2, -0.15) is 0 Å². The van der Waals surface area contributed by atoms with Crippen LogP contribution in [-0.4, -0.2) is 24.7 Å². The normalized spacial score (nSPS) is 14.1. The number of hydrogen-bond acceptors (Lipinski definition) is 3. The van der Waals surface area contributed by atoms with E-state index in [0.717, 1.165) is 18.4 Å². The maximum atomic E-state index is 11.5. The number of rotatable bonds is 8. The van der Waals surface area contributed by atoms with Crippen LogP contribution >= 0.6 is 0 Å². The molecule has 1 aromatic rings. The first-order valence-electron chi connectivity index (χ1n) is 6.41. The molecule has 5 heteroatoms. The molecule has 0 spiro atoms. The summed E-state index contributed by atoms with van der Waals surface area (Å²) >= 11 is 0. The van der Waals surface area contributed by atoms with Gasteiger partial charge in [0.05, 0.1) is 11.5 Å². The minimum Gasteiger partial charge on any atom is -0.382 e. The van der Waals surface area contributed by atoms with Gasteiger partial charge in [-0.1, -0.05) is 19.1 Å². The Kier molecular flexibility index (Phi) is 6.45. The molecule has 1 aromatic carbocycles. The SMILES string of the molecule is COCC([O])CC(C)CCc1ccc([N+](=O)[O-])cc1. The van der Waals surface area contributed by atoms with Crippen LogP contribution in [0.5, 0.6) is 0 Å². The number of aryl methyl sites for hydroxylation is 1. The van der Waals surface area contributed by atoms with Crippen LogP contribution in [-0.2, 0) is 16.3 Å². The topological polar surface area (TPSA) is 72.3 Å². The first-order chi connectivity index (χ1) is 9.02. The lowest BCUT2D eigenvalue weighted by Crippen LogP contribution is -2.16. The van der Waals surface area contributed by atoms with Gasteiger partial charge in [-0.15, -0.1) is 0 Å². The van der Waals surface area contributed by atoms with Crippen molar-refractivity contribution in [3.63, 3.8) is 0 Å². The molecule has 0 fully saturated rings. The standard InChI is InChI=1S/C14H20NO4/c1-11(9-14(16)10-19-2)3-4-12-5-7-13(8-6-12)15(17)18/h5-8,11,14H,3-4,9-10H2,1-2H3. The summed E-state index contributed by atoms with van der Waals surface area (Å²) in [6.07, 6.45) is 1.66. The third-order valence-electron chi connectivity index (χ3n) is 3.09. The van der Waals surface area contributed by atoms with E-state index in [9.17, 15) is 15.2 Å². The van der Waals surface area contributed by atoms with Crippen LogP contribution in [0.2, 0.25) is 0 Å². The Hall–Kier alpha value is -1.46. The molecule has 1 rings (SSSR count). The molecule has 19 heavy (non-hydrogen) atoms. The van der Waals surface area contributed by atoms with Crippen LogP contribution in [0.25, 0.3) is 0 Å². The zero-order valence-electron chi connectivity index (χ0n) is 11.4. The van der Waals surface area contributed by atoms with Crippen LogP contribution in [0.15, 0.2) is 24.3 Å². The zero-order chi connectivity index (χ0) is 14.3. The number of nitro benzene ring substituents is 1. The van der Waals surface area contributed by atoms with Gasteiger partial charge in [0, 0.05) is 19.2 Å². The number of nitrogens with zero attached hydrogens (tertiary/aromatic N) is 1. The van der Waals surface area contributed by atoms with Gasteiger partial charge in [0.15, 0.2) is 0 Å². The predicted molar refractivity (Wildman–Crippen MR) is 71.5 cm³/mol. The van der Waals surface area contributed by atoms with Crippen molar-refractivity contribution in [3.8, 4) is 0 Å². The number of non-ortho nitro benzene ring substituents is 1. The molecule has 0 N–H and O–H groups in total. The van der Waals surface area contributed by atoms with E-state index in [0.29, 0.717) is 12.3 Å². The first-order valence-corrected chi connectivity index (χ1v) is 6.41. The number of methoxy groups -OCH3 is 1. The van der Waals surface area contributed by atoms with Crippen LogP contribution in [0.1, 0.15) is 25.3 Å². The second-order valence-corrected chi connectivity index (χ2v) is 4.88. The van der Waals surface area contributed by atoms with Crippen LogP contribution < -0.4 is 0 Å². The maximum Gasteiger partial charge on any atom is 0.269 e. The van der Waals surface area contributed by atoms with Gasteiger partial charge in [0.1, 0.15) is 6.10 Å². The van der Waals surface area contributed by atoms with Crippen molar-refractivity contribution in [2.45, 2.75) is 32.3 Å². The number of ether oxygens (including phenoxy) is 1. The molecule has 0 heterocycles. The lowest BCUT2D eigenvalue weighted by Gasteiger charge is -2.14. The summed E-state index contributed by atoms with van der Waals surface area (Å²) in [5.41, 5.74) is 1.17. The molecule has 1 radical (unpaired) electrons. The molecule has 0 aliphatic carbocycles. The highest BCUT2D eigenvalue weighted by molar-refractivity contribution is 5.32. The van der Waals surface area contributed by atoms with Crippen molar-refractivity contribution >= 4 is 5.69 Å². The highest BCUT2D eigenvalue weighted by atomic mass is 16.6. The molecule has 0 saturated carbocycles. The zero-order valence-corrected chi connectivity index (χ0v) is 11.4. The summed E-state index contributed by atoms with van der Waals surface area (Å²) in [4.78, 5) is 10.1. The molecule has 0 amide bonds. The molecule has 0 aromatic heterocycles. The van der Waals surface area contributed by atoms with Crippen LogP contribution in [0.3, 0.4) is 0 Å². The average Bonchev–Trinajstić information content (AvgIpc) is 2.37. The summed E-state index contributed by atoms with van der Waals surface area (Å²) < 4.78 is 4.83. The Morgan fingerprint density at radius 2 is 1.95 bits per heavy atom. The minimum absolute atomic E-state index is 0.108. The largest absolute Gasteiger partial charge is 0.382 e. The Bertz CT molecular complexity index is 391. The Labute approximate surface area is 113 Å². The molecule has 0 bridgehead atoms. The van der Waals surface area contributed by atoms with Gasteiger partial charge in [-0.3, -0.25) is 10.1 Å². The predicted octanol–water partition coefficient (Wildman–Crippen LogP) is 3.00. The van der Waals surface area contributed by atoms with Crippen molar-refractivity contribution < 1.29 is 14.8 Å². The molecule has 2 atom stereocenters. The lowest BCUT2D eigenvalue weighted by atomic mass is 9.96. The smallest absolute Gasteiger partial charge is 0.269 e. The molecule has 5 nitrogen and oxygen atoms in total. The van der Waals surface area contributed by atoms with Crippen LogP contribution in [0.4, 0.5) is 5.69 Å². The molecule has 105 valence electrons. The molecule has 0 saturated heterocycles. The fraction of sp³-hybridized carbons (Fsp3) is 0.571. The van der Waals surface area contributed by atoms with E-state index >= 15 is 0 Å². The average molecular weight is 266 g/mol. The fourth-order valence-corrected chi connectivity index (χ4v) is 2.02. The van der Waals surface area contributed by atoms with Crippen molar-refractivity contribution in [1.82, 2.24) is 0 Å². The van der Waals surface area contributed by atoms with E-state index in [1.807, 2.05) is 6.92 Å². The van der Waals surface area contributed by atoms with Crippen molar-refractivity contribution in [2.24, 2.45) is 5.92 Å². The van der Waals surface area contributed by atoms with Gasteiger partial charge in [-0.05, 0) is 30.7 Å². The Morgan fingerprint density at radius 1 is 1.32 bits per heavy atom. The summed E-state index contributed by atoms with van der Waals surface area (Å²) in [5, 5.41) is 22.0.